The van der Waals surface area contributed by atoms with Crippen LogP contribution in [0.2, 0.25) is 5.02 Å². The number of Topliss-reactive ketones (excluding diaryl/α,β-unsaturated/α-hetero) is 1. The summed E-state index contributed by atoms with van der Waals surface area (Å²) in [5.74, 6) is -2.32. The third-order valence-corrected chi connectivity index (χ3v) is 3.97. The Morgan fingerprint density at radius 1 is 1.16 bits per heavy atom. The van der Waals surface area contributed by atoms with Gasteiger partial charge in [0.25, 0.3) is 0 Å². The van der Waals surface area contributed by atoms with E-state index in [4.69, 9.17) is 11.6 Å². The lowest BCUT2D eigenvalue weighted by Gasteiger charge is -2.08. The van der Waals surface area contributed by atoms with Crippen LogP contribution in [0.1, 0.15) is 35.7 Å². The summed E-state index contributed by atoms with van der Waals surface area (Å²) in [5.41, 5.74) is 0.320. The maximum absolute atomic E-state index is 13.8. The maximum Gasteiger partial charge on any atom is 0.304 e. The van der Waals surface area contributed by atoms with Crippen LogP contribution in [-0.2, 0) is 9.59 Å². The SMILES string of the molecule is CC(=CNC1CC1)C(=O)c1cc(C)c(F)c(Cl)c1F.O=C(Cl)C(=O)Cl. The number of halogens is 5. The van der Waals surface area contributed by atoms with Gasteiger partial charge in [-0.3, -0.25) is 14.4 Å². The van der Waals surface area contributed by atoms with E-state index in [0.717, 1.165) is 12.8 Å². The molecule has 0 aromatic heterocycles. The van der Waals surface area contributed by atoms with E-state index in [1.165, 1.54) is 13.0 Å². The van der Waals surface area contributed by atoms with E-state index in [0.29, 0.717) is 11.6 Å². The van der Waals surface area contributed by atoms with Crippen molar-refractivity contribution >= 4 is 51.1 Å². The number of nitrogens with one attached hydrogen (secondary N) is 1. The molecule has 1 aromatic carbocycles. The van der Waals surface area contributed by atoms with E-state index in [1.807, 2.05) is 0 Å². The molecule has 0 radical (unpaired) electrons. The molecule has 0 aliphatic heterocycles. The molecule has 1 aliphatic rings. The first-order valence-corrected chi connectivity index (χ1v) is 8.20. The number of hydrogen-bond donors (Lipinski definition) is 1. The van der Waals surface area contributed by atoms with E-state index in [9.17, 15) is 23.2 Å². The molecule has 0 amide bonds. The number of benzene rings is 1. The summed E-state index contributed by atoms with van der Waals surface area (Å²) >= 11 is 14.5. The van der Waals surface area contributed by atoms with Crippen LogP contribution in [0.25, 0.3) is 0 Å². The van der Waals surface area contributed by atoms with Crippen LogP contribution in [0.5, 0.6) is 0 Å². The van der Waals surface area contributed by atoms with Crippen LogP contribution in [-0.4, -0.2) is 22.3 Å². The Balaban J connectivity index is 0.000000450. The molecule has 136 valence electrons. The molecule has 2 rings (SSSR count). The number of ketones is 1. The van der Waals surface area contributed by atoms with Crippen molar-refractivity contribution < 1.29 is 23.2 Å². The summed E-state index contributed by atoms with van der Waals surface area (Å²) < 4.78 is 27.2. The lowest BCUT2D eigenvalue weighted by atomic mass is 10.0. The minimum atomic E-state index is -1.14. The molecule has 0 atom stereocenters. The van der Waals surface area contributed by atoms with Gasteiger partial charge in [0.05, 0.1) is 5.56 Å². The lowest BCUT2D eigenvalue weighted by Crippen LogP contribution is -2.12. The predicted molar refractivity (Wildman–Crippen MR) is 92.1 cm³/mol. The van der Waals surface area contributed by atoms with Gasteiger partial charge < -0.3 is 5.32 Å². The first-order valence-electron chi connectivity index (χ1n) is 7.07. The lowest BCUT2D eigenvalue weighted by molar-refractivity contribution is -0.127. The molecule has 0 spiro atoms. The molecule has 0 saturated heterocycles. The quantitative estimate of drug-likeness (QED) is 0.258. The fourth-order valence-corrected chi connectivity index (χ4v) is 1.92. The molecular weight excluding hydrogens is 399 g/mol. The van der Waals surface area contributed by atoms with Gasteiger partial charge in [0.2, 0.25) is 0 Å². The number of rotatable bonds is 5. The summed E-state index contributed by atoms with van der Waals surface area (Å²) in [7, 11) is 0. The molecule has 0 unspecified atom stereocenters. The summed E-state index contributed by atoms with van der Waals surface area (Å²) in [6.07, 6.45) is 3.73. The van der Waals surface area contributed by atoms with E-state index in [2.05, 4.69) is 28.5 Å². The Morgan fingerprint density at radius 3 is 2.12 bits per heavy atom. The predicted octanol–water partition coefficient (Wildman–Crippen LogP) is 4.28. The van der Waals surface area contributed by atoms with Crippen molar-refractivity contribution in [2.45, 2.75) is 32.7 Å². The van der Waals surface area contributed by atoms with Crippen molar-refractivity contribution in [3.05, 3.63) is 45.6 Å². The highest BCUT2D eigenvalue weighted by Gasteiger charge is 2.22. The average Bonchev–Trinajstić information content (AvgIpc) is 3.38. The Bertz CT molecular complexity index is 735. The van der Waals surface area contributed by atoms with Gasteiger partial charge in [-0.25, -0.2) is 8.78 Å². The van der Waals surface area contributed by atoms with Gasteiger partial charge in [0, 0.05) is 17.8 Å². The third-order valence-electron chi connectivity index (χ3n) is 3.20. The Morgan fingerprint density at radius 2 is 1.68 bits per heavy atom. The van der Waals surface area contributed by atoms with Gasteiger partial charge >= 0.3 is 10.5 Å². The minimum Gasteiger partial charge on any atom is -0.388 e. The van der Waals surface area contributed by atoms with Crippen molar-refractivity contribution in [3.63, 3.8) is 0 Å². The number of hydrogen-bond acceptors (Lipinski definition) is 4. The largest absolute Gasteiger partial charge is 0.388 e. The standard InChI is InChI=1S/C14H14ClF2NO.C2Cl2O2/c1-7-5-10(13(17)11(15)12(7)16)14(19)8(2)6-18-9-3-4-9;3-1(5)2(4)6/h5-6,9,18H,3-4H2,1-2H3;. The smallest absolute Gasteiger partial charge is 0.304 e. The molecule has 1 fully saturated rings. The van der Waals surface area contributed by atoms with E-state index >= 15 is 0 Å². The van der Waals surface area contributed by atoms with Crippen LogP contribution in [0.4, 0.5) is 8.78 Å². The van der Waals surface area contributed by atoms with E-state index in [1.54, 1.807) is 13.1 Å². The van der Waals surface area contributed by atoms with Gasteiger partial charge in [-0.05, 0) is 61.5 Å². The van der Waals surface area contributed by atoms with Crippen molar-refractivity contribution in [2.24, 2.45) is 0 Å². The Labute approximate surface area is 158 Å². The number of carbonyl (C=O) groups is 3. The normalized spacial score (nSPS) is 13.6. The Hall–Kier alpha value is -1.50. The topological polar surface area (TPSA) is 63.2 Å². The molecule has 9 heteroatoms. The van der Waals surface area contributed by atoms with Gasteiger partial charge in [0.1, 0.15) is 10.8 Å². The molecule has 1 N–H and O–H groups in total. The second-order valence-electron chi connectivity index (χ2n) is 5.33. The van der Waals surface area contributed by atoms with Crippen LogP contribution < -0.4 is 5.32 Å². The summed E-state index contributed by atoms with van der Waals surface area (Å²) in [5, 5.41) is 0.138. The zero-order valence-electron chi connectivity index (χ0n) is 13.3. The van der Waals surface area contributed by atoms with Gasteiger partial charge in [-0.2, -0.15) is 0 Å². The van der Waals surface area contributed by atoms with Crippen LogP contribution >= 0.6 is 34.8 Å². The first kappa shape index (κ1) is 21.5. The second-order valence-corrected chi connectivity index (χ2v) is 6.39. The van der Waals surface area contributed by atoms with Crippen molar-refractivity contribution in [3.8, 4) is 0 Å². The molecular formula is C16H14Cl3F2NO3. The highest BCUT2D eigenvalue weighted by atomic mass is 35.5. The fourth-order valence-electron chi connectivity index (χ4n) is 1.67. The molecule has 1 aliphatic carbocycles. The van der Waals surface area contributed by atoms with Crippen molar-refractivity contribution in [2.75, 3.05) is 0 Å². The first-order chi connectivity index (χ1) is 11.6. The Kier molecular flexibility index (Phi) is 7.99. The van der Waals surface area contributed by atoms with Gasteiger partial charge in [0.15, 0.2) is 11.6 Å². The molecule has 0 heterocycles. The van der Waals surface area contributed by atoms with Crippen molar-refractivity contribution in [1.82, 2.24) is 5.32 Å². The number of carbonyl (C=O) groups excluding carboxylic acids is 3. The second kappa shape index (κ2) is 9.27. The van der Waals surface area contributed by atoms with Crippen LogP contribution in [0.15, 0.2) is 17.8 Å². The van der Waals surface area contributed by atoms with E-state index in [-0.39, 0.29) is 11.1 Å². The molecule has 1 saturated carbocycles. The fraction of sp³-hybridized carbons (Fsp3) is 0.312. The summed E-state index contributed by atoms with van der Waals surface area (Å²) in [6.45, 7) is 3.03. The molecule has 4 nitrogen and oxygen atoms in total. The highest BCUT2D eigenvalue weighted by molar-refractivity contribution is 6.97. The summed E-state index contributed by atoms with van der Waals surface area (Å²) in [4.78, 5) is 30.9. The maximum atomic E-state index is 13.8. The van der Waals surface area contributed by atoms with Crippen molar-refractivity contribution in [1.29, 1.82) is 0 Å². The highest BCUT2D eigenvalue weighted by Crippen LogP contribution is 2.26. The van der Waals surface area contributed by atoms with Gasteiger partial charge in [-0.1, -0.05) is 11.6 Å². The minimum absolute atomic E-state index is 0.151. The zero-order valence-corrected chi connectivity index (χ0v) is 15.5. The monoisotopic (exact) mass is 411 g/mol. The number of allylic oxidation sites excluding steroid dienone is 1. The molecule has 1 aromatic rings. The van der Waals surface area contributed by atoms with Gasteiger partial charge in [-0.15, -0.1) is 0 Å². The van der Waals surface area contributed by atoms with Crippen LogP contribution in [0, 0.1) is 18.6 Å². The third kappa shape index (κ3) is 6.38. The molecule has 0 bridgehead atoms. The molecule has 25 heavy (non-hydrogen) atoms. The average molecular weight is 413 g/mol. The summed E-state index contributed by atoms with van der Waals surface area (Å²) in [6, 6.07) is 1.60. The zero-order chi connectivity index (χ0) is 19.3. The van der Waals surface area contributed by atoms with Crippen LogP contribution in [0.3, 0.4) is 0 Å². The number of aryl methyl sites for hydroxylation is 1. The van der Waals surface area contributed by atoms with E-state index < -0.39 is 32.9 Å².